The molecule has 0 unspecified atom stereocenters. The van der Waals surface area contributed by atoms with E-state index in [0.29, 0.717) is 12.0 Å². The van der Waals surface area contributed by atoms with Gasteiger partial charge in [-0.1, -0.05) is 48.6 Å². The lowest BCUT2D eigenvalue weighted by atomic mass is 9.99. The van der Waals surface area contributed by atoms with E-state index in [-0.39, 0.29) is 11.9 Å². The fourth-order valence-corrected chi connectivity index (χ4v) is 2.19. The molecule has 2 N–H and O–H groups in total. The lowest BCUT2D eigenvalue weighted by Gasteiger charge is -2.09. The first kappa shape index (κ1) is 14.5. The summed E-state index contributed by atoms with van der Waals surface area (Å²) in [5.74, 6) is -0.226. The summed E-state index contributed by atoms with van der Waals surface area (Å²) in [4.78, 5) is 0. The smallest absolute Gasteiger partial charge is 0.128 e. The Labute approximate surface area is 119 Å². The van der Waals surface area contributed by atoms with Crippen LogP contribution in [0.3, 0.4) is 0 Å². The predicted octanol–water partition coefficient (Wildman–Crippen LogP) is 4.47. The number of hydrogen-bond acceptors (Lipinski definition) is 1. The first-order valence-electron chi connectivity index (χ1n) is 6.76. The number of nitrogens with two attached hydrogens (primary N) is 1. The van der Waals surface area contributed by atoms with E-state index >= 15 is 0 Å². The molecule has 0 saturated carbocycles. The van der Waals surface area contributed by atoms with Crippen molar-refractivity contribution in [1.82, 2.24) is 0 Å². The average Bonchev–Trinajstić information content (AvgIpc) is 2.39. The van der Waals surface area contributed by atoms with Crippen molar-refractivity contribution in [3.8, 4) is 0 Å². The maximum atomic E-state index is 13.9. The molecule has 0 fully saturated rings. The molecule has 20 heavy (non-hydrogen) atoms. The lowest BCUT2D eigenvalue weighted by Crippen LogP contribution is -2.07. The van der Waals surface area contributed by atoms with E-state index < -0.39 is 0 Å². The fraction of sp³-hybridized carbons (Fsp3) is 0.222. The zero-order valence-electron chi connectivity index (χ0n) is 12.0. The van der Waals surface area contributed by atoms with Gasteiger partial charge < -0.3 is 5.73 Å². The normalized spacial score (nSPS) is 12.2. The van der Waals surface area contributed by atoms with Gasteiger partial charge in [0.05, 0.1) is 0 Å². The van der Waals surface area contributed by atoms with E-state index in [9.17, 15) is 4.39 Å². The highest BCUT2D eigenvalue weighted by Gasteiger charge is 2.07. The lowest BCUT2D eigenvalue weighted by molar-refractivity contribution is 0.592. The van der Waals surface area contributed by atoms with Crippen LogP contribution in [0.5, 0.6) is 0 Å². The molecule has 1 atom stereocenters. The van der Waals surface area contributed by atoms with E-state index in [1.54, 1.807) is 19.1 Å². The molecule has 0 aromatic heterocycles. The van der Waals surface area contributed by atoms with Crippen LogP contribution in [0.4, 0.5) is 4.39 Å². The van der Waals surface area contributed by atoms with E-state index in [2.05, 4.69) is 18.7 Å². The van der Waals surface area contributed by atoms with Crippen molar-refractivity contribution in [1.29, 1.82) is 0 Å². The third-order valence-corrected chi connectivity index (χ3v) is 3.41. The highest BCUT2D eigenvalue weighted by Crippen LogP contribution is 2.19. The molecular formula is C18H20FN. The molecule has 0 aliphatic carbocycles. The molecule has 0 spiro atoms. The third-order valence-electron chi connectivity index (χ3n) is 3.41. The van der Waals surface area contributed by atoms with Crippen LogP contribution < -0.4 is 5.73 Å². The van der Waals surface area contributed by atoms with Crippen LogP contribution in [-0.2, 0) is 6.42 Å². The summed E-state index contributed by atoms with van der Waals surface area (Å²) < 4.78 is 13.9. The van der Waals surface area contributed by atoms with Gasteiger partial charge in [0, 0.05) is 11.6 Å². The van der Waals surface area contributed by atoms with Gasteiger partial charge in [-0.2, -0.15) is 0 Å². The minimum Gasteiger partial charge on any atom is -0.324 e. The quantitative estimate of drug-likeness (QED) is 0.870. The molecule has 0 amide bonds. The molecule has 1 nitrogen and oxygen atoms in total. The van der Waals surface area contributed by atoms with Crippen molar-refractivity contribution in [2.24, 2.45) is 5.73 Å². The van der Waals surface area contributed by atoms with E-state index in [0.717, 1.165) is 22.3 Å². The number of halogens is 1. The van der Waals surface area contributed by atoms with E-state index in [1.807, 2.05) is 25.1 Å². The first-order valence-corrected chi connectivity index (χ1v) is 6.76. The first-order chi connectivity index (χ1) is 9.47. The summed E-state index contributed by atoms with van der Waals surface area (Å²) >= 11 is 0. The molecule has 0 aliphatic heterocycles. The molecule has 2 aromatic rings. The molecular weight excluding hydrogens is 249 g/mol. The van der Waals surface area contributed by atoms with Crippen molar-refractivity contribution < 1.29 is 4.39 Å². The second-order valence-corrected chi connectivity index (χ2v) is 5.30. The standard InChI is InChI=1S/C18H20FN/c1-12(2)16-7-4-14(5-8-16)10-15-6-9-17(13(3)20)18(19)11-15/h4-9,11,13H,1,10,20H2,2-3H3/t13-/m1/s1. The molecule has 104 valence electrons. The van der Waals surface area contributed by atoms with Gasteiger partial charge >= 0.3 is 0 Å². The minimum atomic E-state index is -0.279. The van der Waals surface area contributed by atoms with Crippen molar-refractivity contribution in [3.63, 3.8) is 0 Å². The zero-order valence-corrected chi connectivity index (χ0v) is 12.0. The third kappa shape index (κ3) is 3.34. The summed E-state index contributed by atoms with van der Waals surface area (Å²) in [6.45, 7) is 7.68. The molecule has 0 aliphatic rings. The number of benzene rings is 2. The average molecular weight is 269 g/mol. The number of rotatable bonds is 4. The van der Waals surface area contributed by atoms with Crippen LogP contribution in [-0.4, -0.2) is 0 Å². The van der Waals surface area contributed by atoms with Crippen LogP contribution in [0.2, 0.25) is 0 Å². The van der Waals surface area contributed by atoms with Crippen molar-refractivity contribution in [3.05, 3.63) is 77.1 Å². The van der Waals surface area contributed by atoms with Gasteiger partial charge in [-0.3, -0.25) is 0 Å². The van der Waals surface area contributed by atoms with Gasteiger partial charge in [0.15, 0.2) is 0 Å². The number of hydrogen-bond donors (Lipinski definition) is 1. The Morgan fingerprint density at radius 3 is 2.25 bits per heavy atom. The Morgan fingerprint density at radius 1 is 1.15 bits per heavy atom. The van der Waals surface area contributed by atoms with Crippen LogP contribution in [0.25, 0.3) is 5.57 Å². The van der Waals surface area contributed by atoms with Gasteiger partial charge in [0.25, 0.3) is 0 Å². The van der Waals surface area contributed by atoms with Crippen molar-refractivity contribution in [2.75, 3.05) is 0 Å². The van der Waals surface area contributed by atoms with E-state index in [4.69, 9.17) is 5.73 Å². The van der Waals surface area contributed by atoms with Crippen LogP contribution >= 0.6 is 0 Å². The second-order valence-electron chi connectivity index (χ2n) is 5.30. The summed E-state index contributed by atoms with van der Waals surface area (Å²) in [6.07, 6.45) is 0.715. The topological polar surface area (TPSA) is 26.0 Å². The summed E-state index contributed by atoms with van der Waals surface area (Å²) in [5.41, 5.74) is 10.6. The highest BCUT2D eigenvalue weighted by molar-refractivity contribution is 5.61. The number of allylic oxidation sites excluding steroid dienone is 1. The van der Waals surface area contributed by atoms with Crippen molar-refractivity contribution in [2.45, 2.75) is 26.3 Å². The Balaban J connectivity index is 2.17. The highest BCUT2D eigenvalue weighted by atomic mass is 19.1. The Morgan fingerprint density at radius 2 is 1.75 bits per heavy atom. The van der Waals surface area contributed by atoms with Gasteiger partial charge in [-0.25, -0.2) is 4.39 Å². The molecule has 0 bridgehead atoms. The zero-order chi connectivity index (χ0) is 14.7. The summed E-state index contributed by atoms with van der Waals surface area (Å²) in [6, 6.07) is 13.2. The maximum Gasteiger partial charge on any atom is 0.128 e. The van der Waals surface area contributed by atoms with Crippen LogP contribution in [0.15, 0.2) is 49.0 Å². The van der Waals surface area contributed by atoms with Gasteiger partial charge in [0.1, 0.15) is 5.82 Å². The minimum absolute atomic E-state index is 0.226. The maximum absolute atomic E-state index is 13.9. The van der Waals surface area contributed by atoms with Crippen LogP contribution in [0.1, 0.15) is 42.1 Å². The predicted molar refractivity (Wildman–Crippen MR) is 83.0 cm³/mol. The summed E-state index contributed by atoms with van der Waals surface area (Å²) in [5, 5.41) is 0. The second kappa shape index (κ2) is 6.02. The molecule has 0 heterocycles. The van der Waals surface area contributed by atoms with Crippen LogP contribution in [0, 0.1) is 5.82 Å². The molecule has 0 radical (unpaired) electrons. The van der Waals surface area contributed by atoms with Gasteiger partial charge in [-0.05, 0) is 43.0 Å². The fourth-order valence-electron chi connectivity index (χ4n) is 2.19. The molecule has 2 heteroatoms. The molecule has 2 aromatic carbocycles. The van der Waals surface area contributed by atoms with Gasteiger partial charge in [0.2, 0.25) is 0 Å². The monoisotopic (exact) mass is 269 g/mol. The van der Waals surface area contributed by atoms with E-state index in [1.165, 1.54) is 0 Å². The Bertz CT molecular complexity index is 612. The Hall–Kier alpha value is -1.93. The Kier molecular flexibility index (Phi) is 4.35. The SMILES string of the molecule is C=C(C)c1ccc(Cc2ccc([C@@H](C)N)c(F)c2)cc1. The molecule has 2 rings (SSSR count). The summed E-state index contributed by atoms with van der Waals surface area (Å²) in [7, 11) is 0. The molecule has 0 saturated heterocycles. The largest absolute Gasteiger partial charge is 0.324 e. The van der Waals surface area contributed by atoms with Crippen molar-refractivity contribution >= 4 is 5.57 Å². The van der Waals surface area contributed by atoms with Gasteiger partial charge in [-0.15, -0.1) is 0 Å².